The van der Waals surface area contributed by atoms with Crippen LogP contribution in [-0.4, -0.2) is 30.1 Å². The van der Waals surface area contributed by atoms with E-state index in [9.17, 15) is 9.59 Å². The summed E-state index contributed by atoms with van der Waals surface area (Å²) >= 11 is 0. The standard InChI is InChI=1S/C35H48O5/c1-9-30(25(3)4)40-34(37)27(6)32(39-24-29-19-15-12-16-20-29)21-33(36)35(7,8)22-26(5)31(10-2)38-23-28-17-13-11-14-18-28/h10-20,26-27,30-32H,2-3,9,21-24H2,1,4-8H3/t26-,27-,30-,31-,32+/m1/s1. The summed E-state index contributed by atoms with van der Waals surface area (Å²) in [7, 11) is 0. The van der Waals surface area contributed by atoms with Gasteiger partial charge in [-0.05, 0) is 49.3 Å². The van der Waals surface area contributed by atoms with Crippen LogP contribution in [0.1, 0.15) is 71.9 Å². The minimum absolute atomic E-state index is 0.0369. The van der Waals surface area contributed by atoms with Crippen molar-refractivity contribution in [2.24, 2.45) is 17.3 Å². The molecule has 0 radical (unpaired) electrons. The largest absolute Gasteiger partial charge is 0.458 e. The first-order valence-corrected chi connectivity index (χ1v) is 14.3. The molecule has 0 N–H and O–H groups in total. The van der Waals surface area contributed by atoms with Gasteiger partial charge in [0.15, 0.2) is 0 Å². The van der Waals surface area contributed by atoms with Crippen LogP contribution in [-0.2, 0) is 37.0 Å². The van der Waals surface area contributed by atoms with E-state index in [0.29, 0.717) is 26.1 Å². The average molecular weight is 549 g/mol. The number of hydrogen-bond donors (Lipinski definition) is 0. The molecule has 0 unspecified atom stereocenters. The third-order valence-corrected chi connectivity index (χ3v) is 7.47. The van der Waals surface area contributed by atoms with Crippen LogP contribution in [0.15, 0.2) is 85.5 Å². The Morgan fingerprint density at radius 1 is 0.925 bits per heavy atom. The van der Waals surface area contributed by atoms with Crippen molar-refractivity contribution in [1.82, 2.24) is 0 Å². The molecule has 0 aromatic heterocycles. The minimum atomic E-state index is -0.654. The number of ether oxygens (including phenoxy) is 3. The molecule has 2 rings (SSSR count). The molecule has 5 nitrogen and oxygen atoms in total. The second-order valence-corrected chi connectivity index (χ2v) is 11.5. The smallest absolute Gasteiger partial charge is 0.311 e. The Labute approximate surface area is 241 Å². The number of hydrogen-bond acceptors (Lipinski definition) is 5. The molecule has 0 amide bonds. The van der Waals surface area contributed by atoms with Crippen molar-refractivity contribution in [3.05, 3.63) is 96.6 Å². The van der Waals surface area contributed by atoms with E-state index in [-0.39, 0.29) is 36.3 Å². The van der Waals surface area contributed by atoms with E-state index < -0.39 is 17.4 Å². The van der Waals surface area contributed by atoms with Crippen molar-refractivity contribution in [3.63, 3.8) is 0 Å². The fraction of sp³-hybridized carbons (Fsp3) is 0.486. The molecule has 0 spiro atoms. The summed E-state index contributed by atoms with van der Waals surface area (Å²) in [6, 6.07) is 19.8. The lowest BCUT2D eigenvalue weighted by Gasteiger charge is -2.32. The van der Waals surface area contributed by atoms with Crippen molar-refractivity contribution < 1.29 is 23.8 Å². The second-order valence-electron chi connectivity index (χ2n) is 11.5. The molecule has 5 atom stereocenters. The van der Waals surface area contributed by atoms with Gasteiger partial charge < -0.3 is 14.2 Å². The van der Waals surface area contributed by atoms with Gasteiger partial charge in [-0.3, -0.25) is 9.59 Å². The van der Waals surface area contributed by atoms with Crippen molar-refractivity contribution in [1.29, 1.82) is 0 Å². The second kappa shape index (κ2) is 16.3. The zero-order valence-corrected chi connectivity index (χ0v) is 25.2. The number of carbonyl (C=O) groups excluding carboxylic acids is 2. The quantitative estimate of drug-likeness (QED) is 0.140. The summed E-state index contributed by atoms with van der Waals surface area (Å²) in [6.07, 6.45) is 1.99. The van der Waals surface area contributed by atoms with Gasteiger partial charge in [0, 0.05) is 11.8 Å². The third kappa shape index (κ3) is 10.5. The van der Waals surface area contributed by atoms with Crippen molar-refractivity contribution in [2.75, 3.05) is 0 Å². The summed E-state index contributed by atoms with van der Waals surface area (Å²) in [5, 5.41) is 0. The van der Waals surface area contributed by atoms with Crippen LogP contribution in [0.3, 0.4) is 0 Å². The van der Waals surface area contributed by atoms with Crippen LogP contribution in [0.25, 0.3) is 0 Å². The fourth-order valence-electron chi connectivity index (χ4n) is 4.81. The molecule has 0 fully saturated rings. The molecule has 0 saturated heterocycles. The number of benzene rings is 2. The van der Waals surface area contributed by atoms with Crippen LogP contribution in [0.2, 0.25) is 0 Å². The first kappa shape index (κ1) is 33.2. The lowest BCUT2D eigenvalue weighted by molar-refractivity contribution is -0.159. The van der Waals surface area contributed by atoms with E-state index in [1.165, 1.54) is 0 Å². The Morgan fingerprint density at radius 3 is 1.93 bits per heavy atom. The molecule has 0 aliphatic heterocycles. The van der Waals surface area contributed by atoms with Gasteiger partial charge in [-0.25, -0.2) is 0 Å². The van der Waals surface area contributed by atoms with E-state index in [0.717, 1.165) is 16.7 Å². The highest BCUT2D eigenvalue weighted by Gasteiger charge is 2.37. The van der Waals surface area contributed by atoms with Gasteiger partial charge >= 0.3 is 5.97 Å². The van der Waals surface area contributed by atoms with Crippen LogP contribution in [0, 0.1) is 17.3 Å². The van der Waals surface area contributed by atoms with Gasteiger partial charge in [0.05, 0.1) is 31.3 Å². The summed E-state index contributed by atoms with van der Waals surface area (Å²) < 4.78 is 18.1. The predicted octanol–water partition coefficient (Wildman–Crippen LogP) is 7.89. The summed E-state index contributed by atoms with van der Waals surface area (Å²) in [5.74, 6) is -0.903. The topological polar surface area (TPSA) is 61.8 Å². The Morgan fingerprint density at radius 2 is 1.45 bits per heavy atom. The number of carbonyl (C=O) groups is 2. The maximum atomic E-state index is 13.7. The van der Waals surface area contributed by atoms with Gasteiger partial charge in [-0.1, -0.05) is 101 Å². The van der Waals surface area contributed by atoms with E-state index in [2.05, 4.69) is 20.1 Å². The molecular weight excluding hydrogens is 500 g/mol. The molecule has 0 aliphatic carbocycles. The van der Waals surface area contributed by atoms with E-state index in [1.807, 2.05) is 94.4 Å². The Kier molecular flexibility index (Phi) is 13.5. The Balaban J connectivity index is 2.11. The number of Topliss-reactive ketones (excluding diaryl/α,β-unsaturated/α-hetero) is 1. The molecule has 5 heteroatoms. The monoisotopic (exact) mass is 548 g/mol. The van der Waals surface area contributed by atoms with Gasteiger partial charge in [-0.2, -0.15) is 0 Å². The molecule has 0 aliphatic rings. The SMILES string of the molecule is C=C[C@@H](OCc1ccccc1)[C@H](C)CC(C)(C)C(=O)C[C@H](OCc1ccccc1)[C@@H](C)C(=O)O[C@H](CC)C(=C)C. The lowest BCUT2D eigenvalue weighted by atomic mass is 9.76. The number of rotatable bonds is 18. The Hall–Kier alpha value is -3.02. The molecule has 0 heterocycles. The van der Waals surface area contributed by atoms with Crippen LogP contribution >= 0.6 is 0 Å². The first-order valence-electron chi connectivity index (χ1n) is 14.3. The molecule has 40 heavy (non-hydrogen) atoms. The van der Waals surface area contributed by atoms with Crippen molar-refractivity contribution in [3.8, 4) is 0 Å². The Bertz CT molecular complexity index is 1080. The van der Waals surface area contributed by atoms with Gasteiger partial charge in [-0.15, -0.1) is 6.58 Å². The first-order chi connectivity index (χ1) is 19.0. The molecule has 2 aromatic carbocycles. The van der Waals surface area contributed by atoms with E-state index >= 15 is 0 Å². The molecule has 0 saturated carbocycles. The fourth-order valence-corrected chi connectivity index (χ4v) is 4.81. The molecule has 0 bridgehead atoms. The number of ketones is 1. The summed E-state index contributed by atoms with van der Waals surface area (Å²) in [4.78, 5) is 26.8. The summed E-state index contributed by atoms with van der Waals surface area (Å²) in [6.45, 7) is 20.3. The maximum Gasteiger partial charge on any atom is 0.311 e. The normalized spacial score (nSPS) is 15.3. The van der Waals surface area contributed by atoms with Gasteiger partial charge in [0.2, 0.25) is 0 Å². The van der Waals surface area contributed by atoms with Crippen molar-refractivity contribution in [2.45, 2.75) is 92.3 Å². The molecule has 2 aromatic rings. The highest BCUT2D eigenvalue weighted by Crippen LogP contribution is 2.33. The maximum absolute atomic E-state index is 13.7. The predicted molar refractivity (Wildman–Crippen MR) is 162 cm³/mol. The number of esters is 1. The van der Waals surface area contributed by atoms with Crippen LogP contribution in [0.4, 0.5) is 0 Å². The molecule has 218 valence electrons. The van der Waals surface area contributed by atoms with E-state index in [4.69, 9.17) is 14.2 Å². The minimum Gasteiger partial charge on any atom is -0.458 e. The van der Waals surface area contributed by atoms with Gasteiger partial charge in [0.25, 0.3) is 0 Å². The van der Waals surface area contributed by atoms with Gasteiger partial charge in [0.1, 0.15) is 11.9 Å². The lowest BCUT2D eigenvalue weighted by Crippen LogP contribution is -2.38. The highest BCUT2D eigenvalue weighted by molar-refractivity contribution is 5.85. The van der Waals surface area contributed by atoms with E-state index in [1.54, 1.807) is 6.92 Å². The molecular formula is C35H48O5. The third-order valence-electron chi connectivity index (χ3n) is 7.47. The zero-order valence-electron chi connectivity index (χ0n) is 25.2. The highest BCUT2D eigenvalue weighted by atomic mass is 16.5. The van der Waals surface area contributed by atoms with Crippen LogP contribution in [0.5, 0.6) is 0 Å². The van der Waals surface area contributed by atoms with Crippen molar-refractivity contribution >= 4 is 11.8 Å². The van der Waals surface area contributed by atoms with Crippen LogP contribution < -0.4 is 0 Å². The average Bonchev–Trinajstić information content (AvgIpc) is 2.94. The summed E-state index contributed by atoms with van der Waals surface area (Å²) in [5.41, 5.74) is 2.21. The zero-order chi connectivity index (χ0) is 29.7.